The van der Waals surface area contributed by atoms with Gasteiger partial charge in [0.1, 0.15) is 11.3 Å². The molecule has 0 aliphatic heterocycles. The number of aromatic hydroxyl groups is 1. The van der Waals surface area contributed by atoms with Crippen molar-refractivity contribution in [3.8, 4) is 5.75 Å². The first-order valence-electron chi connectivity index (χ1n) is 5.39. The van der Waals surface area contributed by atoms with E-state index in [2.05, 4.69) is 11.3 Å². The Balaban J connectivity index is 3.49. The Morgan fingerprint density at radius 2 is 2.06 bits per heavy atom. The number of allylic oxidation sites excluding steroid dienone is 1. The molecule has 0 heterocycles. The van der Waals surface area contributed by atoms with Crippen LogP contribution < -0.4 is 0 Å². The maximum absolute atomic E-state index is 11.5. The highest BCUT2D eigenvalue weighted by atomic mass is 16.5. The van der Waals surface area contributed by atoms with E-state index < -0.39 is 11.4 Å². The van der Waals surface area contributed by atoms with Gasteiger partial charge in [0.2, 0.25) is 0 Å². The number of aryl methyl sites for hydroxylation is 1. The maximum Gasteiger partial charge on any atom is 0.341 e. The lowest BCUT2D eigenvalue weighted by Gasteiger charge is -2.23. The number of carbonyl (C=O) groups excluding carboxylic acids is 1. The summed E-state index contributed by atoms with van der Waals surface area (Å²) in [6, 6.07) is 3.47. The normalized spacial score (nSPS) is 11.1. The van der Waals surface area contributed by atoms with E-state index >= 15 is 0 Å². The number of benzene rings is 1. The number of ether oxygens (including phenoxy) is 1. The van der Waals surface area contributed by atoms with Crippen molar-refractivity contribution in [2.24, 2.45) is 0 Å². The molecule has 0 aliphatic carbocycles. The first-order chi connectivity index (χ1) is 7.83. The van der Waals surface area contributed by atoms with Gasteiger partial charge in [0.15, 0.2) is 0 Å². The molecule has 1 N–H and O–H groups in total. The van der Waals surface area contributed by atoms with Crippen molar-refractivity contribution in [1.29, 1.82) is 0 Å². The number of hydrogen-bond acceptors (Lipinski definition) is 3. The van der Waals surface area contributed by atoms with Gasteiger partial charge in [0, 0.05) is 11.0 Å². The molecule has 0 bridgehead atoms. The highest BCUT2D eigenvalue weighted by molar-refractivity contribution is 5.93. The van der Waals surface area contributed by atoms with Crippen LogP contribution in [0.2, 0.25) is 0 Å². The highest BCUT2D eigenvalue weighted by Gasteiger charge is 2.25. The molecule has 1 aromatic carbocycles. The zero-order valence-corrected chi connectivity index (χ0v) is 10.7. The molecule has 0 aliphatic rings. The molecule has 3 heteroatoms. The third kappa shape index (κ3) is 2.49. The zero-order valence-electron chi connectivity index (χ0n) is 10.7. The summed E-state index contributed by atoms with van der Waals surface area (Å²) in [7, 11) is 1.29. The van der Waals surface area contributed by atoms with Crippen molar-refractivity contribution in [3.63, 3.8) is 0 Å². The number of carbonyl (C=O) groups is 1. The van der Waals surface area contributed by atoms with Crippen LogP contribution in [0.4, 0.5) is 0 Å². The molecule has 0 aromatic heterocycles. The topological polar surface area (TPSA) is 46.5 Å². The van der Waals surface area contributed by atoms with Gasteiger partial charge < -0.3 is 9.84 Å². The van der Waals surface area contributed by atoms with Crippen molar-refractivity contribution in [1.82, 2.24) is 0 Å². The minimum atomic E-state index is -0.535. The number of phenols is 1. The molecule has 0 spiro atoms. The Morgan fingerprint density at radius 1 is 1.47 bits per heavy atom. The maximum atomic E-state index is 11.5. The molecular weight excluding hydrogens is 216 g/mol. The van der Waals surface area contributed by atoms with E-state index in [1.54, 1.807) is 12.1 Å². The van der Waals surface area contributed by atoms with Crippen molar-refractivity contribution < 1.29 is 14.6 Å². The molecule has 1 aromatic rings. The largest absolute Gasteiger partial charge is 0.507 e. The Kier molecular flexibility index (Phi) is 3.61. The lowest BCUT2D eigenvalue weighted by atomic mass is 9.82. The van der Waals surface area contributed by atoms with Crippen molar-refractivity contribution in [3.05, 3.63) is 41.5 Å². The minimum Gasteiger partial charge on any atom is -0.507 e. The fourth-order valence-corrected chi connectivity index (χ4v) is 1.65. The number of esters is 1. The average molecular weight is 234 g/mol. The van der Waals surface area contributed by atoms with Crippen LogP contribution in [0.5, 0.6) is 5.75 Å². The predicted molar refractivity (Wildman–Crippen MR) is 67.4 cm³/mol. The summed E-state index contributed by atoms with van der Waals surface area (Å²) in [6.07, 6.45) is 1.74. The zero-order chi connectivity index (χ0) is 13.2. The van der Waals surface area contributed by atoms with E-state index in [0.29, 0.717) is 5.56 Å². The molecule has 0 unspecified atom stereocenters. The number of phenolic OH excluding ortho intramolecular Hbond substituents is 1. The average Bonchev–Trinajstić information content (AvgIpc) is 2.30. The lowest BCUT2D eigenvalue weighted by Crippen LogP contribution is -2.15. The van der Waals surface area contributed by atoms with Crippen LogP contribution in [0.3, 0.4) is 0 Å². The monoisotopic (exact) mass is 234 g/mol. The second kappa shape index (κ2) is 4.62. The first kappa shape index (κ1) is 13.3. The summed E-state index contributed by atoms with van der Waals surface area (Å²) in [6.45, 7) is 9.47. The molecule has 0 fully saturated rings. The van der Waals surface area contributed by atoms with Crippen molar-refractivity contribution >= 4 is 5.97 Å². The second-order valence-electron chi connectivity index (χ2n) is 4.63. The van der Waals surface area contributed by atoms with Crippen LogP contribution in [0.15, 0.2) is 24.8 Å². The molecule has 17 heavy (non-hydrogen) atoms. The second-order valence-corrected chi connectivity index (χ2v) is 4.63. The van der Waals surface area contributed by atoms with Crippen LogP contribution in [0.1, 0.15) is 35.3 Å². The van der Waals surface area contributed by atoms with Crippen LogP contribution >= 0.6 is 0 Å². The smallest absolute Gasteiger partial charge is 0.341 e. The standard InChI is InChI=1S/C14H18O3/c1-6-14(3,4)11-8-9(2)7-10(12(11)15)13(16)17-5/h6-8,15H,1H2,2-5H3. The van der Waals surface area contributed by atoms with Crippen LogP contribution in [0, 0.1) is 6.92 Å². The molecule has 0 radical (unpaired) electrons. The van der Waals surface area contributed by atoms with Crippen molar-refractivity contribution in [2.45, 2.75) is 26.2 Å². The summed E-state index contributed by atoms with van der Waals surface area (Å²) < 4.78 is 4.65. The Labute approximate surface area is 102 Å². The molecule has 0 atom stereocenters. The molecular formula is C14H18O3. The van der Waals surface area contributed by atoms with Crippen LogP contribution in [-0.2, 0) is 10.2 Å². The van der Waals surface area contributed by atoms with Gasteiger partial charge in [-0.3, -0.25) is 0 Å². The van der Waals surface area contributed by atoms with Crippen molar-refractivity contribution in [2.75, 3.05) is 7.11 Å². The molecule has 92 valence electrons. The van der Waals surface area contributed by atoms with E-state index in [1.807, 2.05) is 26.8 Å². The predicted octanol–water partition coefficient (Wildman–Crippen LogP) is 2.95. The van der Waals surface area contributed by atoms with E-state index in [-0.39, 0.29) is 11.3 Å². The summed E-state index contributed by atoms with van der Waals surface area (Å²) in [5.41, 5.74) is 1.36. The Bertz CT molecular complexity index is 459. The van der Waals surface area contributed by atoms with Gasteiger partial charge in [-0.1, -0.05) is 26.0 Å². The molecule has 3 nitrogen and oxygen atoms in total. The van der Waals surface area contributed by atoms with Gasteiger partial charge in [0.05, 0.1) is 7.11 Å². The van der Waals surface area contributed by atoms with Crippen LogP contribution in [-0.4, -0.2) is 18.2 Å². The SMILES string of the molecule is C=CC(C)(C)c1cc(C)cc(C(=O)OC)c1O. The van der Waals surface area contributed by atoms with E-state index in [1.165, 1.54) is 7.11 Å². The van der Waals surface area contributed by atoms with Gasteiger partial charge in [0.25, 0.3) is 0 Å². The number of methoxy groups -OCH3 is 1. The molecule has 1 rings (SSSR count). The summed E-state index contributed by atoms with van der Waals surface area (Å²) >= 11 is 0. The van der Waals surface area contributed by atoms with Gasteiger partial charge in [-0.15, -0.1) is 6.58 Å². The van der Waals surface area contributed by atoms with Crippen LogP contribution in [0.25, 0.3) is 0 Å². The minimum absolute atomic E-state index is 0.0349. The molecule has 0 amide bonds. The van der Waals surface area contributed by atoms with E-state index in [4.69, 9.17) is 0 Å². The summed E-state index contributed by atoms with van der Waals surface area (Å²) in [4.78, 5) is 11.5. The first-order valence-corrected chi connectivity index (χ1v) is 5.39. The van der Waals surface area contributed by atoms with Gasteiger partial charge in [-0.05, 0) is 18.6 Å². The van der Waals surface area contributed by atoms with Gasteiger partial charge >= 0.3 is 5.97 Å². The number of hydrogen-bond donors (Lipinski definition) is 1. The fraction of sp³-hybridized carbons (Fsp3) is 0.357. The van der Waals surface area contributed by atoms with Gasteiger partial charge in [-0.25, -0.2) is 4.79 Å². The molecule has 0 saturated heterocycles. The van der Waals surface area contributed by atoms with E-state index in [9.17, 15) is 9.90 Å². The lowest BCUT2D eigenvalue weighted by molar-refractivity contribution is 0.0597. The quantitative estimate of drug-likeness (QED) is 0.646. The number of rotatable bonds is 3. The third-order valence-electron chi connectivity index (χ3n) is 2.86. The fourth-order valence-electron chi connectivity index (χ4n) is 1.65. The summed E-state index contributed by atoms with van der Waals surface area (Å²) in [5.74, 6) is -0.570. The Morgan fingerprint density at radius 3 is 2.53 bits per heavy atom. The molecule has 0 saturated carbocycles. The highest BCUT2D eigenvalue weighted by Crippen LogP contribution is 2.35. The Hall–Kier alpha value is -1.77. The van der Waals surface area contributed by atoms with Gasteiger partial charge in [-0.2, -0.15) is 0 Å². The summed E-state index contributed by atoms with van der Waals surface area (Å²) in [5, 5.41) is 10.1. The third-order valence-corrected chi connectivity index (χ3v) is 2.86. The van der Waals surface area contributed by atoms with E-state index in [0.717, 1.165) is 5.56 Å².